The van der Waals surface area contributed by atoms with Crippen LogP contribution in [-0.2, 0) is 4.79 Å². The van der Waals surface area contributed by atoms with E-state index < -0.39 is 21.8 Å². The monoisotopic (exact) mass is 281 g/mol. The lowest BCUT2D eigenvalue weighted by Gasteiger charge is -2.39. The molecule has 0 bridgehead atoms. The Labute approximate surface area is 117 Å². The first-order chi connectivity index (χ1) is 8.99. The van der Waals surface area contributed by atoms with Gasteiger partial charge in [0.2, 0.25) is 0 Å². The van der Waals surface area contributed by atoms with Gasteiger partial charge in [-0.2, -0.15) is 0 Å². The number of aryl methyl sites for hydroxylation is 1. The normalized spacial score (nSPS) is 12.1. The summed E-state index contributed by atoms with van der Waals surface area (Å²) in [5, 5.41) is 23.0. The first-order valence-electron chi connectivity index (χ1n) is 6.11. The van der Waals surface area contributed by atoms with Gasteiger partial charge in [-0.1, -0.05) is 0 Å². The first kappa shape index (κ1) is 15.9. The molecule has 1 rings (SSSR count). The van der Waals surface area contributed by atoms with Crippen molar-refractivity contribution in [3.8, 4) is 0 Å². The van der Waals surface area contributed by atoms with Gasteiger partial charge in [-0.15, -0.1) is 0 Å². The van der Waals surface area contributed by atoms with Gasteiger partial charge in [-0.25, -0.2) is 4.98 Å². The second-order valence-electron chi connectivity index (χ2n) is 5.79. The van der Waals surface area contributed by atoms with E-state index in [1.54, 1.807) is 34.6 Å². The minimum absolute atomic E-state index is 0.0640. The number of aliphatic carboxylic acids is 1. The van der Waals surface area contributed by atoms with Crippen molar-refractivity contribution in [1.29, 1.82) is 0 Å². The molecule has 0 aliphatic heterocycles. The summed E-state index contributed by atoms with van der Waals surface area (Å²) in [7, 11) is 0. The SMILES string of the molecule is Cc1cc(NC(C)(C)C(C)(C)C(=O)O)ncc1[N+](=O)[O-]. The third-order valence-corrected chi connectivity index (χ3v) is 3.82. The largest absolute Gasteiger partial charge is 0.481 e. The molecule has 110 valence electrons. The van der Waals surface area contributed by atoms with Crippen LogP contribution in [0.3, 0.4) is 0 Å². The summed E-state index contributed by atoms with van der Waals surface area (Å²) in [5.41, 5.74) is -1.42. The third-order valence-electron chi connectivity index (χ3n) is 3.82. The lowest BCUT2D eigenvalue weighted by atomic mass is 9.74. The number of hydrogen-bond donors (Lipinski definition) is 2. The van der Waals surface area contributed by atoms with Crippen molar-refractivity contribution in [3.05, 3.63) is 27.9 Å². The zero-order valence-corrected chi connectivity index (χ0v) is 12.2. The summed E-state index contributed by atoms with van der Waals surface area (Å²) in [6, 6.07) is 1.54. The van der Waals surface area contributed by atoms with E-state index in [0.29, 0.717) is 11.4 Å². The molecule has 1 aromatic rings. The highest BCUT2D eigenvalue weighted by Crippen LogP contribution is 2.34. The van der Waals surface area contributed by atoms with Crippen LogP contribution < -0.4 is 5.32 Å². The zero-order chi connectivity index (χ0) is 15.7. The number of carbonyl (C=O) groups is 1. The second-order valence-corrected chi connectivity index (χ2v) is 5.79. The maximum absolute atomic E-state index is 11.3. The van der Waals surface area contributed by atoms with Crippen LogP contribution in [0.4, 0.5) is 11.5 Å². The third kappa shape index (κ3) is 2.87. The van der Waals surface area contributed by atoms with Gasteiger partial charge in [-0.3, -0.25) is 14.9 Å². The highest BCUT2D eigenvalue weighted by atomic mass is 16.6. The van der Waals surface area contributed by atoms with Crippen LogP contribution in [-0.4, -0.2) is 26.5 Å². The van der Waals surface area contributed by atoms with E-state index in [1.165, 1.54) is 12.3 Å². The van der Waals surface area contributed by atoms with E-state index in [9.17, 15) is 20.0 Å². The molecule has 0 aliphatic carbocycles. The van der Waals surface area contributed by atoms with Crippen LogP contribution in [0.25, 0.3) is 0 Å². The number of rotatable bonds is 5. The highest BCUT2D eigenvalue weighted by molar-refractivity contribution is 5.76. The quantitative estimate of drug-likeness (QED) is 0.634. The number of pyridine rings is 1. The summed E-state index contributed by atoms with van der Waals surface area (Å²) < 4.78 is 0. The van der Waals surface area contributed by atoms with E-state index in [4.69, 9.17) is 0 Å². The molecule has 1 aromatic heterocycles. The molecule has 0 aliphatic rings. The molecule has 0 atom stereocenters. The van der Waals surface area contributed by atoms with Gasteiger partial charge in [0.25, 0.3) is 5.69 Å². The molecule has 0 aromatic carbocycles. The minimum atomic E-state index is -1.04. The summed E-state index contributed by atoms with van der Waals surface area (Å²) in [4.78, 5) is 25.5. The topological polar surface area (TPSA) is 105 Å². The zero-order valence-electron chi connectivity index (χ0n) is 12.2. The molecular weight excluding hydrogens is 262 g/mol. The van der Waals surface area contributed by atoms with Crippen molar-refractivity contribution < 1.29 is 14.8 Å². The molecule has 0 amide bonds. The number of anilines is 1. The Hall–Kier alpha value is -2.18. The Morgan fingerprint density at radius 1 is 1.40 bits per heavy atom. The molecule has 0 fully saturated rings. The van der Waals surface area contributed by atoms with Crippen LogP contribution in [0.5, 0.6) is 0 Å². The fourth-order valence-corrected chi connectivity index (χ4v) is 1.55. The van der Waals surface area contributed by atoms with Crippen LogP contribution in [0.2, 0.25) is 0 Å². The number of nitro groups is 1. The number of aromatic nitrogens is 1. The number of nitrogens with one attached hydrogen (secondary N) is 1. The molecule has 0 radical (unpaired) electrons. The van der Waals surface area contributed by atoms with Crippen LogP contribution in [0, 0.1) is 22.5 Å². The molecule has 2 N–H and O–H groups in total. The van der Waals surface area contributed by atoms with Gasteiger partial charge in [0.1, 0.15) is 12.0 Å². The predicted molar refractivity (Wildman–Crippen MR) is 74.7 cm³/mol. The van der Waals surface area contributed by atoms with Crippen molar-refractivity contribution in [2.24, 2.45) is 5.41 Å². The molecule has 0 unspecified atom stereocenters. The van der Waals surface area contributed by atoms with Crippen molar-refractivity contribution >= 4 is 17.5 Å². The smallest absolute Gasteiger partial charge is 0.311 e. The molecule has 7 heteroatoms. The lowest BCUT2D eigenvalue weighted by Crippen LogP contribution is -2.50. The van der Waals surface area contributed by atoms with E-state index in [2.05, 4.69) is 10.3 Å². The molecule has 0 saturated heterocycles. The van der Waals surface area contributed by atoms with E-state index in [-0.39, 0.29) is 5.69 Å². The molecule has 0 saturated carbocycles. The van der Waals surface area contributed by atoms with Gasteiger partial charge in [0, 0.05) is 11.1 Å². The van der Waals surface area contributed by atoms with E-state index in [0.717, 1.165) is 0 Å². The Morgan fingerprint density at radius 2 is 1.95 bits per heavy atom. The van der Waals surface area contributed by atoms with E-state index in [1.807, 2.05) is 0 Å². The van der Waals surface area contributed by atoms with Gasteiger partial charge in [0.15, 0.2) is 0 Å². The van der Waals surface area contributed by atoms with Crippen molar-refractivity contribution in [1.82, 2.24) is 4.98 Å². The average Bonchev–Trinajstić information content (AvgIpc) is 2.27. The van der Waals surface area contributed by atoms with Crippen molar-refractivity contribution in [3.63, 3.8) is 0 Å². The Bertz CT molecular complexity index is 553. The van der Waals surface area contributed by atoms with Crippen LogP contribution in [0.1, 0.15) is 33.3 Å². The first-order valence-corrected chi connectivity index (χ1v) is 6.11. The Morgan fingerprint density at radius 3 is 2.35 bits per heavy atom. The standard InChI is InChI=1S/C13H19N3O4/c1-8-6-10(14-7-9(8)16(19)20)15-13(4,5)12(2,3)11(17)18/h6-7H,1-5H3,(H,14,15)(H,17,18). The van der Waals surface area contributed by atoms with Gasteiger partial charge in [0.05, 0.1) is 10.3 Å². The predicted octanol–water partition coefficient (Wildman–Crippen LogP) is 2.60. The number of carboxylic acids is 1. The molecule has 1 heterocycles. The van der Waals surface area contributed by atoms with Gasteiger partial charge < -0.3 is 10.4 Å². The highest BCUT2D eigenvalue weighted by Gasteiger charge is 2.43. The van der Waals surface area contributed by atoms with Gasteiger partial charge in [-0.05, 0) is 40.7 Å². The fraction of sp³-hybridized carbons (Fsp3) is 0.538. The molecular formula is C13H19N3O4. The van der Waals surface area contributed by atoms with E-state index >= 15 is 0 Å². The molecule has 7 nitrogen and oxygen atoms in total. The lowest BCUT2D eigenvalue weighted by molar-refractivity contribution is -0.385. The summed E-state index contributed by atoms with van der Waals surface area (Å²) in [5.74, 6) is -0.527. The van der Waals surface area contributed by atoms with Crippen LogP contribution >= 0.6 is 0 Å². The van der Waals surface area contributed by atoms with Crippen molar-refractivity contribution in [2.75, 3.05) is 5.32 Å². The summed E-state index contributed by atoms with van der Waals surface area (Å²) >= 11 is 0. The summed E-state index contributed by atoms with van der Waals surface area (Å²) in [6.45, 7) is 8.33. The summed E-state index contributed by atoms with van der Waals surface area (Å²) in [6.07, 6.45) is 1.17. The number of nitrogens with zero attached hydrogens (tertiary/aromatic N) is 2. The fourth-order valence-electron chi connectivity index (χ4n) is 1.55. The number of carboxylic acid groups (broad SMARTS) is 1. The molecule has 0 spiro atoms. The van der Waals surface area contributed by atoms with Gasteiger partial charge >= 0.3 is 5.97 Å². The van der Waals surface area contributed by atoms with Crippen molar-refractivity contribution in [2.45, 2.75) is 40.2 Å². The second kappa shape index (κ2) is 5.07. The number of hydrogen-bond acceptors (Lipinski definition) is 5. The Kier molecular flexibility index (Phi) is 4.02. The molecule has 20 heavy (non-hydrogen) atoms. The maximum Gasteiger partial charge on any atom is 0.311 e. The Balaban J connectivity index is 3.08. The minimum Gasteiger partial charge on any atom is -0.481 e. The maximum atomic E-state index is 11.3. The van der Waals surface area contributed by atoms with Crippen LogP contribution in [0.15, 0.2) is 12.3 Å². The average molecular weight is 281 g/mol.